The van der Waals surface area contributed by atoms with Gasteiger partial charge in [0, 0.05) is 22.7 Å². The fourth-order valence-corrected chi connectivity index (χ4v) is 4.01. The molecular weight excluding hydrogens is 409 g/mol. The quantitative estimate of drug-likeness (QED) is 0.517. The molecule has 9 heteroatoms. The van der Waals surface area contributed by atoms with Crippen LogP contribution in [0.5, 0.6) is 17.4 Å². The summed E-state index contributed by atoms with van der Waals surface area (Å²) in [7, 11) is 0. The SMILES string of the molecule is O=C(COc1ncnc2scc(-c3ccc(F)cc3)c12)Nc1ccc2c(c1)OCO2. The number of carbonyl (C=O) groups is 1. The number of halogens is 1. The Morgan fingerprint density at radius 1 is 1.13 bits per heavy atom. The highest BCUT2D eigenvalue weighted by Crippen LogP contribution is 2.37. The first-order chi connectivity index (χ1) is 14.7. The normalized spacial score (nSPS) is 12.2. The molecule has 0 saturated heterocycles. The first-order valence-electron chi connectivity index (χ1n) is 8.98. The molecule has 1 amide bonds. The standard InChI is InChI=1S/C21H14FN3O4S/c22-13-3-1-12(2-4-13)15-9-30-21-19(15)20(23-10-24-21)27-8-18(26)25-14-5-6-16-17(7-14)29-11-28-16/h1-7,9-10H,8,11H2,(H,25,26). The van der Waals surface area contributed by atoms with Crippen LogP contribution in [0.3, 0.4) is 0 Å². The topological polar surface area (TPSA) is 82.6 Å². The Balaban J connectivity index is 1.34. The number of hydrogen-bond acceptors (Lipinski definition) is 7. The van der Waals surface area contributed by atoms with Crippen molar-refractivity contribution in [1.82, 2.24) is 9.97 Å². The average molecular weight is 423 g/mol. The highest BCUT2D eigenvalue weighted by atomic mass is 32.1. The van der Waals surface area contributed by atoms with Crippen molar-refractivity contribution in [2.45, 2.75) is 0 Å². The number of nitrogens with zero attached hydrogens (tertiary/aromatic N) is 2. The van der Waals surface area contributed by atoms with Crippen LogP contribution in [0.4, 0.5) is 10.1 Å². The molecule has 1 aliphatic rings. The molecule has 0 bridgehead atoms. The lowest BCUT2D eigenvalue weighted by atomic mass is 10.1. The van der Waals surface area contributed by atoms with Gasteiger partial charge in [-0.2, -0.15) is 0 Å². The number of rotatable bonds is 5. The fraction of sp³-hybridized carbons (Fsp3) is 0.0952. The molecule has 0 fully saturated rings. The van der Waals surface area contributed by atoms with Crippen LogP contribution in [0.2, 0.25) is 0 Å². The van der Waals surface area contributed by atoms with E-state index in [2.05, 4.69) is 15.3 Å². The van der Waals surface area contributed by atoms with E-state index in [0.717, 1.165) is 16.0 Å². The minimum Gasteiger partial charge on any atom is -0.467 e. The van der Waals surface area contributed by atoms with E-state index in [1.807, 2.05) is 5.38 Å². The molecule has 2 aromatic carbocycles. The lowest BCUT2D eigenvalue weighted by Gasteiger charge is -2.09. The number of hydrogen-bond donors (Lipinski definition) is 1. The van der Waals surface area contributed by atoms with E-state index in [4.69, 9.17) is 14.2 Å². The van der Waals surface area contributed by atoms with E-state index < -0.39 is 0 Å². The smallest absolute Gasteiger partial charge is 0.262 e. The Morgan fingerprint density at radius 3 is 2.83 bits per heavy atom. The van der Waals surface area contributed by atoms with Crippen LogP contribution in [0, 0.1) is 5.82 Å². The molecular formula is C21H14FN3O4S. The third-order valence-corrected chi connectivity index (χ3v) is 5.37. The first kappa shape index (κ1) is 18.3. The maximum Gasteiger partial charge on any atom is 0.262 e. The molecule has 0 spiro atoms. The summed E-state index contributed by atoms with van der Waals surface area (Å²) in [6.45, 7) is -0.0736. The summed E-state index contributed by atoms with van der Waals surface area (Å²) in [5.74, 6) is 0.846. The van der Waals surface area contributed by atoms with Crippen LogP contribution in [0.1, 0.15) is 0 Å². The van der Waals surface area contributed by atoms with Gasteiger partial charge in [-0.3, -0.25) is 4.79 Å². The van der Waals surface area contributed by atoms with Gasteiger partial charge in [-0.25, -0.2) is 14.4 Å². The third-order valence-electron chi connectivity index (χ3n) is 4.49. The molecule has 7 nitrogen and oxygen atoms in total. The number of carbonyl (C=O) groups excluding carboxylic acids is 1. The second-order valence-corrected chi connectivity index (χ2v) is 7.28. The third kappa shape index (κ3) is 3.50. The highest BCUT2D eigenvalue weighted by molar-refractivity contribution is 7.17. The van der Waals surface area contributed by atoms with Gasteiger partial charge < -0.3 is 19.5 Å². The number of ether oxygens (including phenoxy) is 3. The predicted octanol–water partition coefficient (Wildman–Crippen LogP) is 4.24. The van der Waals surface area contributed by atoms with Gasteiger partial charge >= 0.3 is 0 Å². The number of benzene rings is 2. The molecule has 30 heavy (non-hydrogen) atoms. The molecule has 0 aliphatic carbocycles. The van der Waals surface area contributed by atoms with Crippen LogP contribution >= 0.6 is 11.3 Å². The first-order valence-corrected chi connectivity index (χ1v) is 9.86. The van der Waals surface area contributed by atoms with Gasteiger partial charge in [0.1, 0.15) is 17.0 Å². The Bertz CT molecular complexity index is 1240. The zero-order valence-corrected chi connectivity index (χ0v) is 16.2. The molecule has 1 aliphatic heterocycles. The maximum absolute atomic E-state index is 13.3. The van der Waals surface area contributed by atoms with E-state index in [0.29, 0.717) is 28.5 Å². The van der Waals surface area contributed by atoms with Crippen LogP contribution in [0.15, 0.2) is 54.2 Å². The Kier molecular flexibility index (Phi) is 4.64. The van der Waals surface area contributed by atoms with Crippen molar-refractivity contribution < 1.29 is 23.4 Å². The van der Waals surface area contributed by atoms with Crippen molar-refractivity contribution in [3.05, 3.63) is 60.0 Å². The number of amides is 1. The largest absolute Gasteiger partial charge is 0.467 e. The highest BCUT2D eigenvalue weighted by Gasteiger charge is 2.17. The van der Waals surface area contributed by atoms with Crippen LogP contribution < -0.4 is 19.5 Å². The van der Waals surface area contributed by atoms with Crippen molar-refractivity contribution in [1.29, 1.82) is 0 Å². The van der Waals surface area contributed by atoms with Gasteiger partial charge in [-0.05, 0) is 29.8 Å². The molecule has 0 unspecified atom stereocenters. The van der Waals surface area contributed by atoms with Gasteiger partial charge in [-0.15, -0.1) is 11.3 Å². The number of thiophene rings is 1. The lowest BCUT2D eigenvalue weighted by molar-refractivity contribution is -0.118. The van der Waals surface area contributed by atoms with Crippen molar-refractivity contribution in [3.63, 3.8) is 0 Å². The molecule has 0 atom stereocenters. The Hall–Kier alpha value is -3.72. The average Bonchev–Trinajstić information content (AvgIpc) is 3.40. The summed E-state index contributed by atoms with van der Waals surface area (Å²) >= 11 is 1.42. The summed E-state index contributed by atoms with van der Waals surface area (Å²) in [6, 6.07) is 11.3. The van der Waals surface area contributed by atoms with Gasteiger partial charge in [0.15, 0.2) is 18.1 Å². The minimum atomic E-state index is -0.348. The minimum absolute atomic E-state index is 0.163. The predicted molar refractivity (Wildman–Crippen MR) is 109 cm³/mol. The Morgan fingerprint density at radius 2 is 1.97 bits per heavy atom. The summed E-state index contributed by atoms with van der Waals surface area (Å²) in [5.41, 5.74) is 2.21. The number of aromatic nitrogens is 2. The number of nitrogens with one attached hydrogen (secondary N) is 1. The van der Waals surface area contributed by atoms with Gasteiger partial charge in [0.2, 0.25) is 12.7 Å². The van der Waals surface area contributed by atoms with Crippen molar-refractivity contribution in [2.75, 3.05) is 18.7 Å². The molecule has 150 valence electrons. The molecule has 1 N–H and O–H groups in total. The number of anilines is 1. The molecule has 2 aromatic heterocycles. The van der Waals surface area contributed by atoms with Gasteiger partial charge in [0.25, 0.3) is 5.91 Å². The summed E-state index contributed by atoms with van der Waals surface area (Å²) in [5, 5.41) is 5.35. The van der Waals surface area contributed by atoms with E-state index >= 15 is 0 Å². The van der Waals surface area contributed by atoms with Crippen molar-refractivity contribution in [2.24, 2.45) is 0 Å². The molecule has 3 heterocycles. The molecule has 0 saturated carbocycles. The van der Waals surface area contributed by atoms with Crippen LogP contribution in [0.25, 0.3) is 21.3 Å². The van der Waals surface area contributed by atoms with Crippen molar-refractivity contribution in [3.8, 4) is 28.5 Å². The van der Waals surface area contributed by atoms with Gasteiger partial charge in [0.05, 0.1) is 5.39 Å². The van der Waals surface area contributed by atoms with Gasteiger partial charge in [-0.1, -0.05) is 12.1 Å². The zero-order valence-electron chi connectivity index (χ0n) is 15.4. The lowest BCUT2D eigenvalue weighted by Crippen LogP contribution is -2.20. The number of fused-ring (bicyclic) bond motifs is 2. The molecule has 0 radical (unpaired) electrons. The van der Waals surface area contributed by atoms with E-state index in [9.17, 15) is 9.18 Å². The van der Waals surface area contributed by atoms with E-state index in [1.54, 1.807) is 30.3 Å². The molecule has 4 aromatic rings. The molecule has 5 rings (SSSR count). The summed E-state index contributed by atoms with van der Waals surface area (Å²) in [6.07, 6.45) is 1.39. The maximum atomic E-state index is 13.3. The van der Waals surface area contributed by atoms with Crippen LogP contribution in [-0.4, -0.2) is 29.3 Å². The summed E-state index contributed by atoms with van der Waals surface area (Å²) in [4.78, 5) is 21.5. The van der Waals surface area contributed by atoms with E-state index in [1.165, 1.54) is 29.8 Å². The van der Waals surface area contributed by atoms with E-state index in [-0.39, 0.29) is 25.1 Å². The second kappa shape index (κ2) is 7.60. The second-order valence-electron chi connectivity index (χ2n) is 6.42. The summed E-state index contributed by atoms with van der Waals surface area (Å²) < 4.78 is 29.5. The van der Waals surface area contributed by atoms with Crippen LogP contribution in [-0.2, 0) is 4.79 Å². The monoisotopic (exact) mass is 423 g/mol. The zero-order chi connectivity index (χ0) is 20.5. The van der Waals surface area contributed by atoms with Crippen molar-refractivity contribution >= 4 is 33.1 Å². The Labute approximate surface area is 174 Å². The fourth-order valence-electron chi connectivity index (χ4n) is 3.10.